The van der Waals surface area contributed by atoms with Crippen LogP contribution in [0.5, 0.6) is 11.5 Å². The number of thioether (sulfide) groups is 1. The number of benzene rings is 2. The van der Waals surface area contributed by atoms with Crippen molar-refractivity contribution in [1.82, 2.24) is 20.2 Å². The molecule has 0 saturated heterocycles. The summed E-state index contributed by atoms with van der Waals surface area (Å²) >= 11 is 1.27. The van der Waals surface area contributed by atoms with E-state index in [0.717, 1.165) is 11.1 Å². The molecule has 190 valence electrons. The lowest BCUT2D eigenvalue weighted by molar-refractivity contribution is -0.118. The summed E-state index contributed by atoms with van der Waals surface area (Å²) < 4.78 is 18.3. The summed E-state index contributed by atoms with van der Waals surface area (Å²) in [5, 5.41) is 12.4. The van der Waals surface area contributed by atoms with Gasteiger partial charge in [0.25, 0.3) is 5.91 Å². The number of methoxy groups -OCH3 is 1. The molecule has 11 heteroatoms. The molecule has 0 radical (unpaired) electrons. The summed E-state index contributed by atoms with van der Waals surface area (Å²) in [5.74, 6) is 1.09. The van der Waals surface area contributed by atoms with Gasteiger partial charge in [-0.3, -0.25) is 4.79 Å². The summed E-state index contributed by atoms with van der Waals surface area (Å²) in [6, 6.07) is 12.3. The maximum absolute atomic E-state index is 12.1. The molecule has 0 unspecified atom stereocenters. The van der Waals surface area contributed by atoms with E-state index in [2.05, 4.69) is 20.7 Å². The highest BCUT2D eigenvalue weighted by Crippen LogP contribution is 2.22. The summed E-state index contributed by atoms with van der Waals surface area (Å²) in [6.45, 7) is 4.58. The van der Waals surface area contributed by atoms with E-state index in [1.54, 1.807) is 54.6 Å². The SMILES string of the molecule is COc1ccc(/C=N\NC(=O)CSc2nncn2C)cc1COc1ccc(C(=O)OCC(C)C)cc1. The van der Waals surface area contributed by atoms with Crippen LogP contribution in [0.2, 0.25) is 0 Å². The molecule has 0 bridgehead atoms. The Labute approximate surface area is 214 Å². The van der Waals surface area contributed by atoms with E-state index in [-0.39, 0.29) is 30.2 Å². The molecule has 36 heavy (non-hydrogen) atoms. The molecule has 1 amide bonds. The highest BCUT2D eigenvalue weighted by atomic mass is 32.2. The number of aromatic nitrogens is 3. The Bertz CT molecular complexity index is 1190. The molecule has 2 aromatic carbocycles. The van der Waals surface area contributed by atoms with Crippen molar-refractivity contribution in [3.05, 3.63) is 65.5 Å². The third kappa shape index (κ3) is 8.12. The normalized spacial score (nSPS) is 11.0. The van der Waals surface area contributed by atoms with Crippen molar-refractivity contribution in [2.24, 2.45) is 18.1 Å². The summed E-state index contributed by atoms with van der Waals surface area (Å²) in [6.07, 6.45) is 3.12. The number of amides is 1. The van der Waals surface area contributed by atoms with Gasteiger partial charge in [-0.15, -0.1) is 10.2 Å². The fourth-order valence-corrected chi connectivity index (χ4v) is 3.59. The van der Waals surface area contributed by atoms with Gasteiger partial charge in [0.05, 0.1) is 31.2 Å². The number of hydrogen-bond donors (Lipinski definition) is 1. The minimum atomic E-state index is -0.358. The van der Waals surface area contributed by atoms with Crippen molar-refractivity contribution in [2.75, 3.05) is 19.5 Å². The zero-order chi connectivity index (χ0) is 25.9. The van der Waals surface area contributed by atoms with Crippen LogP contribution in [0, 0.1) is 5.92 Å². The maximum atomic E-state index is 12.1. The third-order valence-corrected chi connectivity index (χ3v) is 5.78. The fraction of sp³-hybridized carbons (Fsp3) is 0.320. The molecule has 0 spiro atoms. The molecule has 0 aliphatic carbocycles. The first-order valence-electron chi connectivity index (χ1n) is 11.2. The number of ether oxygens (including phenoxy) is 3. The lowest BCUT2D eigenvalue weighted by atomic mass is 10.1. The predicted molar refractivity (Wildman–Crippen MR) is 136 cm³/mol. The average Bonchev–Trinajstić information content (AvgIpc) is 3.29. The molecule has 1 N–H and O–H groups in total. The molecule has 0 saturated carbocycles. The summed E-state index contributed by atoms with van der Waals surface area (Å²) in [4.78, 5) is 24.1. The topological polar surface area (TPSA) is 117 Å². The number of hydrogen-bond acceptors (Lipinski definition) is 9. The molecule has 0 fully saturated rings. The maximum Gasteiger partial charge on any atom is 0.338 e. The first kappa shape index (κ1) is 26.7. The average molecular weight is 512 g/mol. The first-order chi connectivity index (χ1) is 17.4. The molecule has 1 aromatic heterocycles. The minimum Gasteiger partial charge on any atom is -0.496 e. The van der Waals surface area contributed by atoms with Gasteiger partial charge in [-0.05, 0) is 53.9 Å². The van der Waals surface area contributed by atoms with Crippen molar-refractivity contribution in [2.45, 2.75) is 25.6 Å². The number of nitrogens with one attached hydrogen (secondary N) is 1. The van der Waals surface area contributed by atoms with Gasteiger partial charge in [0, 0.05) is 12.6 Å². The number of nitrogens with zero attached hydrogens (tertiary/aromatic N) is 4. The van der Waals surface area contributed by atoms with E-state index in [4.69, 9.17) is 14.2 Å². The van der Waals surface area contributed by atoms with E-state index in [9.17, 15) is 9.59 Å². The number of esters is 1. The van der Waals surface area contributed by atoms with Gasteiger partial charge in [0.1, 0.15) is 24.4 Å². The smallest absolute Gasteiger partial charge is 0.338 e. The Morgan fingerprint density at radius 2 is 1.97 bits per heavy atom. The van der Waals surface area contributed by atoms with Crippen molar-refractivity contribution >= 4 is 29.9 Å². The Morgan fingerprint density at radius 1 is 1.19 bits per heavy atom. The molecule has 10 nitrogen and oxygen atoms in total. The van der Waals surface area contributed by atoms with Crippen LogP contribution < -0.4 is 14.9 Å². The molecule has 1 heterocycles. The van der Waals surface area contributed by atoms with Gasteiger partial charge in [-0.1, -0.05) is 25.6 Å². The zero-order valence-corrected chi connectivity index (χ0v) is 21.4. The molecule has 0 aliphatic rings. The van der Waals surface area contributed by atoms with Gasteiger partial charge >= 0.3 is 5.97 Å². The number of hydrazone groups is 1. The van der Waals surface area contributed by atoms with E-state index >= 15 is 0 Å². The molecular weight excluding hydrogens is 482 g/mol. The van der Waals surface area contributed by atoms with Crippen molar-refractivity contribution in [1.29, 1.82) is 0 Å². The number of carbonyl (C=O) groups is 2. The quantitative estimate of drug-likeness (QED) is 0.170. The lowest BCUT2D eigenvalue weighted by Gasteiger charge is -2.12. The fourth-order valence-electron chi connectivity index (χ4n) is 2.91. The Balaban J connectivity index is 1.54. The Hall–Kier alpha value is -3.86. The van der Waals surface area contributed by atoms with E-state index in [1.807, 2.05) is 33.0 Å². The van der Waals surface area contributed by atoms with Crippen molar-refractivity contribution in [3.63, 3.8) is 0 Å². The van der Waals surface area contributed by atoms with Gasteiger partial charge in [0.2, 0.25) is 0 Å². The number of aryl methyl sites for hydroxylation is 1. The minimum absolute atomic E-state index is 0.166. The molecule has 0 atom stereocenters. The van der Waals surface area contributed by atoms with Crippen LogP contribution >= 0.6 is 11.8 Å². The largest absolute Gasteiger partial charge is 0.496 e. The Morgan fingerprint density at radius 3 is 2.64 bits per heavy atom. The molecule has 0 aliphatic heterocycles. The van der Waals surface area contributed by atoms with Crippen molar-refractivity contribution in [3.8, 4) is 11.5 Å². The van der Waals surface area contributed by atoms with E-state index in [1.165, 1.54) is 11.8 Å². The van der Waals surface area contributed by atoms with E-state index < -0.39 is 0 Å². The van der Waals surface area contributed by atoms with Crippen LogP contribution in [0.3, 0.4) is 0 Å². The van der Waals surface area contributed by atoms with Crippen LogP contribution in [0.15, 0.2) is 59.0 Å². The second-order valence-corrected chi connectivity index (χ2v) is 9.13. The standard InChI is InChI=1S/C25H29N5O5S/c1-17(2)13-35-24(32)19-6-8-21(9-7-19)34-14-20-11-18(5-10-22(20)33-4)12-26-28-23(31)15-36-25-29-27-16-30(25)3/h5-12,16-17H,13-15H2,1-4H3,(H,28,31)/b26-12-. The number of rotatable bonds is 12. The van der Waals surface area contributed by atoms with Crippen LogP contribution in [0.1, 0.15) is 35.3 Å². The van der Waals surface area contributed by atoms with Crippen LogP contribution in [0.4, 0.5) is 0 Å². The third-order valence-electron chi connectivity index (χ3n) is 4.74. The molecule has 3 aromatic rings. The summed E-state index contributed by atoms with van der Waals surface area (Å²) in [5.41, 5.74) is 4.53. The summed E-state index contributed by atoms with van der Waals surface area (Å²) in [7, 11) is 3.39. The molecular formula is C25H29N5O5S. The predicted octanol–water partition coefficient (Wildman–Crippen LogP) is 3.46. The van der Waals surface area contributed by atoms with Crippen LogP contribution in [0.25, 0.3) is 0 Å². The van der Waals surface area contributed by atoms with Crippen molar-refractivity contribution < 1.29 is 23.8 Å². The van der Waals surface area contributed by atoms with Gasteiger partial charge in [0.15, 0.2) is 5.16 Å². The van der Waals surface area contributed by atoms with Gasteiger partial charge in [-0.25, -0.2) is 10.2 Å². The zero-order valence-electron chi connectivity index (χ0n) is 20.6. The van der Waals surface area contributed by atoms with E-state index in [0.29, 0.717) is 28.8 Å². The lowest BCUT2D eigenvalue weighted by Crippen LogP contribution is -2.19. The highest BCUT2D eigenvalue weighted by molar-refractivity contribution is 7.99. The van der Waals surface area contributed by atoms with Crippen LogP contribution in [-0.4, -0.2) is 52.3 Å². The first-order valence-corrected chi connectivity index (χ1v) is 12.2. The Kier molecular flexibility index (Phi) is 9.87. The molecule has 3 rings (SSSR count). The second kappa shape index (κ2) is 13.3. The number of carbonyl (C=O) groups excluding carboxylic acids is 2. The monoisotopic (exact) mass is 511 g/mol. The van der Waals surface area contributed by atoms with Gasteiger partial charge in [-0.2, -0.15) is 5.10 Å². The van der Waals surface area contributed by atoms with Crippen LogP contribution in [-0.2, 0) is 23.2 Å². The second-order valence-electron chi connectivity index (χ2n) is 8.18. The highest BCUT2D eigenvalue weighted by Gasteiger charge is 2.10. The van der Waals surface area contributed by atoms with Gasteiger partial charge < -0.3 is 18.8 Å².